The number of carbonyl (C=O) groups is 2. The first-order valence-electron chi connectivity index (χ1n) is 12.3. The average Bonchev–Trinajstić information content (AvgIpc) is 3.58. The monoisotopic (exact) mass is 493 g/mol. The van der Waals surface area contributed by atoms with E-state index in [0.29, 0.717) is 11.4 Å². The lowest BCUT2D eigenvalue weighted by Gasteiger charge is -2.22. The highest BCUT2D eigenvalue weighted by atomic mass is 16.5. The number of ether oxygens (including phenoxy) is 3. The van der Waals surface area contributed by atoms with E-state index in [1.54, 1.807) is 45.6 Å². The number of methoxy groups -OCH3 is 3. The zero-order valence-corrected chi connectivity index (χ0v) is 20.9. The molecule has 2 fully saturated rings. The fourth-order valence-corrected chi connectivity index (χ4v) is 6.12. The number of carbonyl (C=O) groups excluding carboxylic acids is 2. The van der Waals surface area contributed by atoms with E-state index in [1.165, 1.54) is 4.90 Å². The number of amides is 2. The molecule has 0 unspecified atom stereocenters. The number of allylic oxidation sites excluding steroid dienone is 3. The molecule has 6 rings (SSSR count). The molecule has 4 atom stereocenters. The standard InChI is InChI=1S/C31H27NO5/c1-35-21-11-7-18(8-12-21)26(19-9-13-22(36-2)14-10-19)27-24-15-16-25(27)29-28(24)30(33)32(31(29)34)20-5-4-6-23(17-20)37-3/h4-17,24-25,28-29H,1-3H3/t24-,25-,28-,29+/m1/s1. The Kier molecular flexibility index (Phi) is 5.60. The van der Waals surface area contributed by atoms with Crippen molar-refractivity contribution < 1.29 is 23.8 Å². The first kappa shape index (κ1) is 23.1. The minimum absolute atomic E-state index is 0.151. The molecule has 1 aliphatic heterocycles. The zero-order valence-electron chi connectivity index (χ0n) is 20.9. The highest BCUT2D eigenvalue weighted by molar-refractivity contribution is 6.23. The van der Waals surface area contributed by atoms with Gasteiger partial charge in [-0.1, -0.05) is 42.5 Å². The lowest BCUT2D eigenvalue weighted by atomic mass is 9.85. The summed E-state index contributed by atoms with van der Waals surface area (Å²) in [6, 6.07) is 23.0. The number of nitrogens with zero attached hydrogens (tertiary/aromatic N) is 1. The summed E-state index contributed by atoms with van der Waals surface area (Å²) in [4.78, 5) is 28.9. The third-order valence-corrected chi connectivity index (χ3v) is 7.77. The van der Waals surface area contributed by atoms with E-state index >= 15 is 0 Å². The third-order valence-electron chi connectivity index (χ3n) is 7.77. The van der Waals surface area contributed by atoms with Crippen molar-refractivity contribution >= 4 is 23.1 Å². The molecule has 6 nitrogen and oxygen atoms in total. The fraction of sp³-hybridized carbons (Fsp3) is 0.226. The molecule has 3 aromatic carbocycles. The first-order chi connectivity index (χ1) is 18.0. The number of imide groups is 1. The van der Waals surface area contributed by atoms with Crippen molar-refractivity contribution in [3.8, 4) is 17.2 Å². The van der Waals surface area contributed by atoms with Crippen molar-refractivity contribution in [2.24, 2.45) is 23.7 Å². The summed E-state index contributed by atoms with van der Waals surface area (Å²) in [7, 11) is 4.86. The molecule has 2 bridgehead atoms. The van der Waals surface area contributed by atoms with Gasteiger partial charge >= 0.3 is 0 Å². The van der Waals surface area contributed by atoms with Gasteiger partial charge in [0.1, 0.15) is 17.2 Å². The number of rotatable bonds is 6. The highest BCUT2D eigenvalue weighted by Gasteiger charge is 2.62. The van der Waals surface area contributed by atoms with Crippen LogP contribution in [-0.4, -0.2) is 33.1 Å². The van der Waals surface area contributed by atoms with Crippen LogP contribution in [0, 0.1) is 23.7 Å². The molecule has 1 heterocycles. The van der Waals surface area contributed by atoms with E-state index < -0.39 is 11.8 Å². The van der Waals surface area contributed by atoms with Gasteiger partial charge in [-0.05, 0) is 58.7 Å². The van der Waals surface area contributed by atoms with Crippen molar-refractivity contribution in [1.82, 2.24) is 0 Å². The lowest BCUT2D eigenvalue weighted by molar-refractivity contribution is -0.122. The molecular weight excluding hydrogens is 466 g/mol. The smallest absolute Gasteiger partial charge is 0.238 e. The average molecular weight is 494 g/mol. The van der Waals surface area contributed by atoms with Crippen LogP contribution in [-0.2, 0) is 9.59 Å². The van der Waals surface area contributed by atoms with E-state index in [9.17, 15) is 9.59 Å². The zero-order chi connectivity index (χ0) is 25.7. The predicted molar refractivity (Wildman–Crippen MR) is 141 cm³/mol. The van der Waals surface area contributed by atoms with Crippen LogP contribution in [0.5, 0.6) is 17.2 Å². The van der Waals surface area contributed by atoms with Crippen LogP contribution in [0.1, 0.15) is 11.1 Å². The predicted octanol–water partition coefficient (Wildman–Crippen LogP) is 5.14. The largest absolute Gasteiger partial charge is 0.497 e. The molecule has 3 aromatic rings. The van der Waals surface area contributed by atoms with Crippen LogP contribution >= 0.6 is 0 Å². The lowest BCUT2D eigenvalue weighted by Crippen LogP contribution is -2.33. The van der Waals surface area contributed by atoms with Crippen LogP contribution in [0.4, 0.5) is 5.69 Å². The summed E-state index contributed by atoms with van der Waals surface area (Å²) >= 11 is 0. The Hall–Kier alpha value is -4.32. The molecule has 2 aliphatic carbocycles. The van der Waals surface area contributed by atoms with Gasteiger partial charge in [-0.25, -0.2) is 4.90 Å². The van der Waals surface area contributed by atoms with Gasteiger partial charge in [0.2, 0.25) is 11.8 Å². The maximum atomic E-state index is 13.8. The van der Waals surface area contributed by atoms with Crippen molar-refractivity contribution in [2.75, 3.05) is 26.2 Å². The quantitative estimate of drug-likeness (QED) is 0.352. The topological polar surface area (TPSA) is 65.1 Å². The van der Waals surface area contributed by atoms with Gasteiger partial charge in [-0.15, -0.1) is 0 Å². The molecular formula is C31H27NO5. The second-order valence-electron chi connectivity index (χ2n) is 9.49. The van der Waals surface area contributed by atoms with Crippen molar-refractivity contribution in [3.05, 3.63) is 102 Å². The maximum absolute atomic E-state index is 13.8. The maximum Gasteiger partial charge on any atom is 0.238 e. The summed E-state index contributed by atoms with van der Waals surface area (Å²) in [6.45, 7) is 0. The highest BCUT2D eigenvalue weighted by Crippen LogP contribution is 2.59. The number of fused-ring (bicyclic) bond motifs is 5. The molecule has 0 N–H and O–H groups in total. The van der Waals surface area contributed by atoms with Crippen molar-refractivity contribution in [1.29, 1.82) is 0 Å². The summed E-state index contributed by atoms with van der Waals surface area (Å²) in [5, 5.41) is 0. The van der Waals surface area contributed by atoms with E-state index in [2.05, 4.69) is 12.2 Å². The molecule has 0 radical (unpaired) electrons. The van der Waals surface area contributed by atoms with Crippen LogP contribution in [0.2, 0.25) is 0 Å². The summed E-state index contributed by atoms with van der Waals surface area (Å²) in [5.41, 5.74) is 4.76. The number of anilines is 1. The van der Waals surface area contributed by atoms with Gasteiger partial charge in [0.05, 0.1) is 38.9 Å². The van der Waals surface area contributed by atoms with Gasteiger partial charge in [-0.3, -0.25) is 9.59 Å². The van der Waals surface area contributed by atoms with E-state index in [-0.39, 0.29) is 23.7 Å². The van der Waals surface area contributed by atoms with E-state index in [1.807, 2.05) is 48.5 Å². The van der Waals surface area contributed by atoms with Crippen LogP contribution in [0.15, 0.2) is 90.5 Å². The Bertz CT molecular complexity index is 1350. The van der Waals surface area contributed by atoms with Crippen LogP contribution in [0.25, 0.3) is 5.57 Å². The fourth-order valence-electron chi connectivity index (χ4n) is 6.12. The number of benzene rings is 3. The van der Waals surface area contributed by atoms with Crippen molar-refractivity contribution in [3.63, 3.8) is 0 Å². The third kappa shape index (κ3) is 3.55. The van der Waals surface area contributed by atoms with Gasteiger partial charge in [0.25, 0.3) is 0 Å². The second kappa shape index (κ2) is 8.96. The molecule has 186 valence electrons. The summed E-state index contributed by atoms with van der Waals surface area (Å²) in [5.74, 6) is 0.701. The van der Waals surface area contributed by atoms with Gasteiger partial charge in [-0.2, -0.15) is 0 Å². The Labute approximate surface area is 215 Å². The molecule has 6 heteroatoms. The second-order valence-corrected chi connectivity index (χ2v) is 9.49. The number of hydrogen-bond acceptors (Lipinski definition) is 5. The first-order valence-corrected chi connectivity index (χ1v) is 12.3. The van der Waals surface area contributed by atoms with Gasteiger partial charge in [0, 0.05) is 17.9 Å². The normalized spacial score (nSPS) is 23.4. The van der Waals surface area contributed by atoms with E-state index in [0.717, 1.165) is 33.8 Å². The summed E-state index contributed by atoms with van der Waals surface area (Å²) < 4.78 is 16.1. The Balaban J connectivity index is 1.46. The molecule has 37 heavy (non-hydrogen) atoms. The Morgan fingerprint density at radius 2 is 1.14 bits per heavy atom. The van der Waals surface area contributed by atoms with Gasteiger partial charge in [0.15, 0.2) is 0 Å². The van der Waals surface area contributed by atoms with Crippen molar-refractivity contribution in [2.45, 2.75) is 0 Å². The van der Waals surface area contributed by atoms with Crippen LogP contribution < -0.4 is 19.1 Å². The van der Waals surface area contributed by atoms with Gasteiger partial charge < -0.3 is 14.2 Å². The molecule has 1 saturated carbocycles. The minimum atomic E-state index is -0.421. The Morgan fingerprint density at radius 1 is 0.649 bits per heavy atom. The molecule has 3 aliphatic rings. The van der Waals surface area contributed by atoms with E-state index in [4.69, 9.17) is 14.2 Å². The molecule has 1 saturated heterocycles. The SMILES string of the molecule is COc1ccc(C(=C2[C@H]3C=C[C@H]2[C@H]2C(=O)N(c4cccc(OC)c4)C(=O)[C@H]23)c2ccc(OC)cc2)cc1. The molecule has 0 spiro atoms. The Morgan fingerprint density at radius 3 is 1.59 bits per heavy atom. The summed E-state index contributed by atoms with van der Waals surface area (Å²) in [6.07, 6.45) is 4.21. The number of hydrogen-bond donors (Lipinski definition) is 0. The van der Waals surface area contributed by atoms with Crippen LogP contribution in [0.3, 0.4) is 0 Å². The molecule has 0 aromatic heterocycles. The molecule has 2 amide bonds. The minimum Gasteiger partial charge on any atom is -0.497 e.